The number of sulfone groups is 1. The Kier molecular flexibility index (Phi) is 6.19. The molecule has 2 fully saturated rings. The topological polar surface area (TPSA) is 134 Å². The van der Waals surface area contributed by atoms with Crippen LogP contribution in [0.3, 0.4) is 0 Å². The summed E-state index contributed by atoms with van der Waals surface area (Å²) in [6, 6.07) is 5.23. The van der Waals surface area contributed by atoms with Crippen molar-refractivity contribution in [2.75, 3.05) is 42.1 Å². The van der Waals surface area contributed by atoms with Gasteiger partial charge in [0.1, 0.15) is 0 Å². The number of nitrogens with zero attached hydrogens (tertiary/aromatic N) is 4. The Balaban J connectivity index is 1.41. The third-order valence-corrected chi connectivity index (χ3v) is 7.49. The fraction of sp³-hybridized carbons (Fsp3) is 0.440. The summed E-state index contributed by atoms with van der Waals surface area (Å²) in [5.41, 5.74) is 1.90. The largest absolute Gasteiger partial charge is 0.326 e. The minimum atomic E-state index is -3.64. The molecule has 12 heteroatoms. The number of fused-ring (bicyclic) bond motifs is 1. The van der Waals surface area contributed by atoms with Crippen molar-refractivity contribution in [2.45, 2.75) is 30.8 Å². The van der Waals surface area contributed by atoms with E-state index in [0.717, 1.165) is 31.9 Å². The van der Waals surface area contributed by atoms with Crippen LogP contribution in [0.2, 0.25) is 0 Å². The Morgan fingerprint density at radius 2 is 1.59 bits per heavy atom. The van der Waals surface area contributed by atoms with Crippen molar-refractivity contribution in [3.63, 3.8) is 0 Å². The molecule has 0 spiro atoms. The molecule has 0 bridgehead atoms. The van der Waals surface area contributed by atoms with Crippen LogP contribution >= 0.6 is 0 Å². The highest BCUT2D eigenvalue weighted by molar-refractivity contribution is 7.90. The lowest BCUT2D eigenvalue weighted by atomic mass is 10.1. The van der Waals surface area contributed by atoms with E-state index in [1.807, 2.05) is 0 Å². The first-order chi connectivity index (χ1) is 17.5. The maximum absolute atomic E-state index is 12.7. The lowest BCUT2D eigenvalue weighted by Gasteiger charge is -2.32. The van der Waals surface area contributed by atoms with E-state index in [2.05, 4.69) is 27.5 Å². The molecule has 0 radical (unpaired) electrons. The standard InChI is InChI=1S/C25H28N6O5S/c1-29-14-31(21-20(24(29)34)30(2)25(28-21)37(3,35)36)10-4-5-15-11-18(26-22(32)16-6-7-16)13-19(12-15)27-23(33)17-8-9-17/h11-13,16-17H,6-10,14H2,1-3H3,(H,26,32)(H,27,33). The number of rotatable bonds is 6. The molecule has 2 heterocycles. The Morgan fingerprint density at radius 3 is 2.11 bits per heavy atom. The maximum atomic E-state index is 12.7. The molecule has 2 N–H and O–H groups in total. The molecule has 37 heavy (non-hydrogen) atoms. The van der Waals surface area contributed by atoms with Gasteiger partial charge in [-0.1, -0.05) is 11.8 Å². The number of benzene rings is 1. The Bertz CT molecular complexity index is 1430. The van der Waals surface area contributed by atoms with E-state index in [0.29, 0.717) is 16.9 Å². The number of nitrogens with one attached hydrogen (secondary N) is 2. The monoisotopic (exact) mass is 524 g/mol. The van der Waals surface area contributed by atoms with Crippen molar-refractivity contribution < 1.29 is 22.8 Å². The van der Waals surface area contributed by atoms with Gasteiger partial charge in [-0.15, -0.1) is 0 Å². The van der Waals surface area contributed by atoms with Crippen LogP contribution in [0.4, 0.5) is 17.2 Å². The fourth-order valence-corrected chi connectivity index (χ4v) is 5.05. The third-order valence-electron chi connectivity index (χ3n) is 6.47. The maximum Gasteiger partial charge on any atom is 0.275 e. The minimum absolute atomic E-state index is 0.0300. The molecule has 5 rings (SSSR count). The number of hydrogen-bond acceptors (Lipinski definition) is 7. The van der Waals surface area contributed by atoms with Crippen molar-refractivity contribution in [1.29, 1.82) is 0 Å². The van der Waals surface area contributed by atoms with Crippen molar-refractivity contribution >= 4 is 44.8 Å². The second-order valence-electron chi connectivity index (χ2n) is 9.87. The average Bonchev–Trinajstić information content (AvgIpc) is 3.72. The van der Waals surface area contributed by atoms with E-state index in [4.69, 9.17) is 0 Å². The third kappa shape index (κ3) is 5.32. The van der Waals surface area contributed by atoms with Gasteiger partial charge in [-0.25, -0.2) is 8.42 Å². The fourth-order valence-electron chi connectivity index (χ4n) is 4.21. The summed E-state index contributed by atoms with van der Waals surface area (Å²) in [6.45, 7) is 0.369. The molecule has 0 atom stereocenters. The summed E-state index contributed by atoms with van der Waals surface area (Å²) >= 11 is 0. The molecule has 0 saturated heterocycles. The van der Waals surface area contributed by atoms with Crippen LogP contribution in [0.1, 0.15) is 41.7 Å². The van der Waals surface area contributed by atoms with Crippen molar-refractivity contribution in [3.8, 4) is 11.8 Å². The zero-order valence-corrected chi connectivity index (χ0v) is 21.7. The molecule has 0 unspecified atom stereocenters. The number of amides is 3. The Hall–Kier alpha value is -3.85. The van der Waals surface area contributed by atoms with Crippen LogP contribution in [0.25, 0.3) is 0 Å². The zero-order valence-electron chi connectivity index (χ0n) is 20.9. The lowest BCUT2D eigenvalue weighted by Crippen LogP contribution is -2.45. The Labute approximate surface area is 215 Å². The molecule has 2 aliphatic carbocycles. The summed E-state index contributed by atoms with van der Waals surface area (Å²) in [7, 11) is -0.512. The summed E-state index contributed by atoms with van der Waals surface area (Å²) in [4.78, 5) is 44.8. The van der Waals surface area contributed by atoms with Gasteiger partial charge in [0.2, 0.25) is 26.8 Å². The van der Waals surface area contributed by atoms with Crippen LogP contribution in [0.15, 0.2) is 23.4 Å². The highest BCUT2D eigenvalue weighted by Crippen LogP contribution is 2.33. The van der Waals surface area contributed by atoms with E-state index >= 15 is 0 Å². The molecule has 2 aromatic rings. The van der Waals surface area contributed by atoms with Crippen LogP contribution < -0.4 is 15.5 Å². The van der Waals surface area contributed by atoms with Crippen LogP contribution in [0, 0.1) is 23.7 Å². The molecular formula is C25H28N6O5S. The van der Waals surface area contributed by atoms with Gasteiger partial charge in [0.05, 0.1) is 13.2 Å². The van der Waals surface area contributed by atoms with Crippen LogP contribution in [-0.2, 0) is 26.5 Å². The zero-order chi connectivity index (χ0) is 26.5. The van der Waals surface area contributed by atoms with Crippen molar-refractivity contribution in [1.82, 2.24) is 14.5 Å². The predicted molar refractivity (Wildman–Crippen MR) is 137 cm³/mol. The normalized spacial score (nSPS) is 17.1. The first-order valence-corrected chi connectivity index (χ1v) is 13.9. The van der Waals surface area contributed by atoms with E-state index < -0.39 is 9.84 Å². The molecule has 194 valence electrons. The molecule has 1 aliphatic heterocycles. The van der Waals surface area contributed by atoms with Crippen LogP contribution in [0.5, 0.6) is 0 Å². The average molecular weight is 525 g/mol. The summed E-state index contributed by atoms with van der Waals surface area (Å²) in [6.07, 6.45) is 4.55. The number of anilines is 3. The second-order valence-corrected chi connectivity index (χ2v) is 11.8. The summed E-state index contributed by atoms with van der Waals surface area (Å²) in [5, 5.41) is 5.63. The van der Waals surface area contributed by atoms with Gasteiger partial charge < -0.3 is 25.0 Å². The first kappa shape index (κ1) is 24.8. The number of hydrogen-bond donors (Lipinski definition) is 2. The number of aromatic nitrogens is 2. The van der Waals surface area contributed by atoms with Gasteiger partial charge >= 0.3 is 0 Å². The quantitative estimate of drug-likeness (QED) is 0.546. The molecular weight excluding hydrogens is 496 g/mol. The summed E-state index contributed by atoms with van der Waals surface area (Å²) < 4.78 is 25.6. The van der Waals surface area contributed by atoms with Crippen molar-refractivity contribution in [2.24, 2.45) is 18.9 Å². The van der Waals surface area contributed by atoms with Gasteiger partial charge in [-0.3, -0.25) is 14.4 Å². The number of carbonyl (C=O) groups excluding carboxylic acids is 3. The highest BCUT2D eigenvalue weighted by atomic mass is 32.2. The predicted octanol–water partition coefficient (Wildman–Crippen LogP) is 1.42. The van der Waals surface area contributed by atoms with Crippen molar-refractivity contribution in [3.05, 3.63) is 29.5 Å². The molecule has 11 nitrogen and oxygen atoms in total. The van der Waals surface area contributed by atoms with E-state index in [1.165, 1.54) is 16.5 Å². The number of imidazole rings is 1. The summed E-state index contributed by atoms with van der Waals surface area (Å²) in [5.74, 6) is 6.04. The molecule has 3 aliphatic rings. The SMILES string of the molecule is CN1CN(CC#Cc2cc(NC(=O)C3CC3)cc(NC(=O)C3CC3)c2)c2nc(S(C)(=O)=O)n(C)c2C1=O. The second kappa shape index (κ2) is 9.23. The lowest BCUT2D eigenvalue weighted by molar-refractivity contribution is -0.118. The minimum Gasteiger partial charge on any atom is -0.326 e. The molecule has 2 saturated carbocycles. The molecule has 1 aromatic carbocycles. The molecule has 3 amide bonds. The highest BCUT2D eigenvalue weighted by Gasteiger charge is 2.35. The first-order valence-electron chi connectivity index (χ1n) is 12.0. The van der Waals surface area contributed by atoms with Gasteiger partial charge in [0, 0.05) is 49.1 Å². The van der Waals surface area contributed by atoms with Gasteiger partial charge in [-0.2, -0.15) is 4.98 Å². The Morgan fingerprint density at radius 1 is 1.03 bits per heavy atom. The molecule has 1 aromatic heterocycles. The van der Waals surface area contributed by atoms with Gasteiger partial charge in [0.25, 0.3) is 5.91 Å². The number of carbonyl (C=O) groups is 3. The van der Waals surface area contributed by atoms with Gasteiger partial charge in [0.15, 0.2) is 11.5 Å². The van der Waals surface area contributed by atoms with Crippen LogP contribution in [-0.4, -0.2) is 67.1 Å². The smallest absolute Gasteiger partial charge is 0.275 e. The van der Waals surface area contributed by atoms with E-state index in [9.17, 15) is 22.8 Å². The van der Waals surface area contributed by atoms with E-state index in [1.54, 1.807) is 30.1 Å². The van der Waals surface area contributed by atoms with E-state index in [-0.39, 0.29) is 59.4 Å². The van der Waals surface area contributed by atoms with Gasteiger partial charge in [-0.05, 0) is 43.9 Å².